The Morgan fingerprint density at radius 1 is 1.22 bits per heavy atom. The zero-order valence-corrected chi connectivity index (χ0v) is 18.4. The van der Waals surface area contributed by atoms with Crippen molar-refractivity contribution in [3.05, 3.63) is 66.5 Å². The van der Waals surface area contributed by atoms with Crippen molar-refractivity contribution in [3.63, 3.8) is 0 Å². The van der Waals surface area contributed by atoms with Gasteiger partial charge in [0.25, 0.3) is 11.5 Å². The van der Waals surface area contributed by atoms with Gasteiger partial charge in [0, 0.05) is 11.6 Å². The number of carbonyl (C=O) groups is 1. The smallest absolute Gasteiger partial charge is 0.283 e. The third-order valence-electron chi connectivity index (χ3n) is 4.53. The fraction of sp³-hybridized carbons (Fsp3) is 0.400. The summed E-state index contributed by atoms with van der Waals surface area (Å²) in [6.45, 7) is 8.23. The number of amides is 1. The molecule has 2 rings (SSSR count). The summed E-state index contributed by atoms with van der Waals surface area (Å²) < 4.78 is 1.83. The van der Waals surface area contributed by atoms with Crippen LogP contribution in [0.3, 0.4) is 0 Å². The molecule has 0 radical (unpaired) electrons. The maximum absolute atomic E-state index is 13.1. The largest absolute Gasteiger partial charge is 0.345 e. The van der Waals surface area contributed by atoms with Gasteiger partial charge in [-0.3, -0.25) is 9.59 Å². The molecular formula is C20H25BrClN3O2. The van der Waals surface area contributed by atoms with Crippen LogP contribution in [0, 0.1) is 13.8 Å². The molecule has 146 valence electrons. The van der Waals surface area contributed by atoms with E-state index in [4.69, 9.17) is 11.6 Å². The molecule has 1 aromatic heterocycles. The molecule has 0 aliphatic carbocycles. The van der Waals surface area contributed by atoms with Gasteiger partial charge in [-0.1, -0.05) is 37.6 Å². The number of aromatic nitrogens is 1. The molecule has 1 atom stereocenters. The van der Waals surface area contributed by atoms with Crippen LogP contribution in [0.25, 0.3) is 0 Å². The van der Waals surface area contributed by atoms with Crippen LogP contribution in [0.5, 0.6) is 0 Å². The molecule has 1 amide bonds. The van der Waals surface area contributed by atoms with E-state index in [1.54, 1.807) is 13.8 Å². The molecule has 0 saturated heterocycles. The lowest BCUT2D eigenvalue weighted by Crippen LogP contribution is -2.37. The van der Waals surface area contributed by atoms with Crippen LogP contribution >= 0.6 is 27.5 Å². The van der Waals surface area contributed by atoms with E-state index >= 15 is 0 Å². The quantitative estimate of drug-likeness (QED) is 0.636. The lowest BCUT2D eigenvalue weighted by atomic mass is 10.0. The molecule has 0 aliphatic rings. The third kappa shape index (κ3) is 4.74. The van der Waals surface area contributed by atoms with E-state index < -0.39 is 0 Å². The van der Waals surface area contributed by atoms with E-state index in [0.717, 1.165) is 18.4 Å². The number of benzene rings is 1. The summed E-state index contributed by atoms with van der Waals surface area (Å²) in [4.78, 5) is 25.6. The molecule has 2 N–H and O–H groups in total. The third-order valence-corrected chi connectivity index (χ3v) is 5.71. The average Bonchev–Trinajstić information content (AvgIpc) is 2.65. The molecule has 1 heterocycles. The topological polar surface area (TPSA) is 63.1 Å². The molecule has 0 aliphatic heterocycles. The molecule has 0 saturated carbocycles. The van der Waals surface area contributed by atoms with Gasteiger partial charge in [0.2, 0.25) is 0 Å². The van der Waals surface area contributed by atoms with Gasteiger partial charge >= 0.3 is 0 Å². The summed E-state index contributed by atoms with van der Waals surface area (Å²) >= 11 is 9.31. The van der Waals surface area contributed by atoms with Gasteiger partial charge < -0.3 is 10.7 Å². The SMILES string of the molecule is CCCNn1c(C)c(C(=O)NC(CC)c2ccc(Cl)cc2)c(C)c(Br)c1=O. The van der Waals surface area contributed by atoms with Gasteiger partial charge in [-0.25, -0.2) is 4.68 Å². The first-order chi connectivity index (χ1) is 12.8. The maximum atomic E-state index is 13.1. The Bertz CT molecular complexity index is 878. The minimum absolute atomic E-state index is 0.142. The van der Waals surface area contributed by atoms with Crippen molar-refractivity contribution in [1.82, 2.24) is 9.99 Å². The van der Waals surface area contributed by atoms with E-state index in [2.05, 4.69) is 26.7 Å². The van der Waals surface area contributed by atoms with E-state index in [1.807, 2.05) is 38.1 Å². The van der Waals surface area contributed by atoms with Crippen LogP contribution in [0.1, 0.15) is 59.9 Å². The zero-order valence-electron chi connectivity index (χ0n) is 16.0. The second kappa shape index (κ2) is 9.42. The van der Waals surface area contributed by atoms with Crippen molar-refractivity contribution >= 4 is 33.4 Å². The van der Waals surface area contributed by atoms with Gasteiger partial charge in [0.05, 0.1) is 21.8 Å². The van der Waals surface area contributed by atoms with Gasteiger partial charge in [0.1, 0.15) is 0 Å². The van der Waals surface area contributed by atoms with E-state index in [-0.39, 0.29) is 17.5 Å². The number of pyridine rings is 1. The van der Waals surface area contributed by atoms with Crippen LogP contribution in [-0.4, -0.2) is 17.1 Å². The van der Waals surface area contributed by atoms with Crippen molar-refractivity contribution in [3.8, 4) is 0 Å². The summed E-state index contributed by atoms with van der Waals surface area (Å²) in [5.74, 6) is -0.209. The highest BCUT2D eigenvalue weighted by atomic mass is 79.9. The molecule has 1 unspecified atom stereocenters. The lowest BCUT2D eigenvalue weighted by molar-refractivity contribution is 0.0933. The van der Waals surface area contributed by atoms with Crippen LogP contribution < -0.4 is 16.3 Å². The molecule has 0 fully saturated rings. The minimum atomic E-state index is -0.209. The highest BCUT2D eigenvalue weighted by Gasteiger charge is 2.23. The fourth-order valence-corrected chi connectivity index (χ4v) is 3.50. The van der Waals surface area contributed by atoms with Crippen molar-refractivity contribution < 1.29 is 4.79 Å². The number of rotatable bonds is 7. The number of hydrogen-bond acceptors (Lipinski definition) is 3. The molecular weight excluding hydrogens is 430 g/mol. The molecule has 1 aromatic carbocycles. The van der Waals surface area contributed by atoms with Crippen LogP contribution in [0.2, 0.25) is 5.02 Å². The molecule has 27 heavy (non-hydrogen) atoms. The van der Waals surface area contributed by atoms with Gasteiger partial charge in [-0.05, 0) is 65.9 Å². The first-order valence-electron chi connectivity index (χ1n) is 9.03. The number of hydrogen-bond donors (Lipinski definition) is 2. The first-order valence-corrected chi connectivity index (χ1v) is 10.2. The lowest BCUT2D eigenvalue weighted by Gasteiger charge is -2.22. The Hall–Kier alpha value is -1.79. The van der Waals surface area contributed by atoms with Gasteiger partial charge in [0.15, 0.2) is 0 Å². The Kier molecular flexibility index (Phi) is 7.50. The summed E-state index contributed by atoms with van der Waals surface area (Å²) in [6, 6.07) is 7.31. The van der Waals surface area contributed by atoms with Crippen molar-refractivity contribution in [1.29, 1.82) is 0 Å². The van der Waals surface area contributed by atoms with Crippen LogP contribution in [0.4, 0.5) is 0 Å². The second-order valence-corrected chi connectivity index (χ2v) is 7.66. The van der Waals surface area contributed by atoms with Gasteiger partial charge in [-0.15, -0.1) is 0 Å². The maximum Gasteiger partial charge on any atom is 0.283 e. The molecule has 2 aromatic rings. The summed E-state index contributed by atoms with van der Waals surface area (Å²) in [5, 5.41) is 3.74. The Morgan fingerprint density at radius 3 is 2.41 bits per heavy atom. The van der Waals surface area contributed by atoms with Crippen LogP contribution in [0.15, 0.2) is 33.5 Å². The average molecular weight is 455 g/mol. The summed E-state index contributed by atoms with van der Waals surface area (Å²) in [5.41, 5.74) is 5.60. The minimum Gasteiger partial charge on any atom is -0.345 e. The van der Waals surface area contributed by atoms with Crippen LogP contribution in [-0.2, 0) is 0 Å². The van der Waals surface area contributed by atoms with Crippen molar-refractivity contribution in [2.45, 2.75) is 46.6 Å². The summed E-state index contributed by atoms with van der Waals surface area (Å²) in [7, 11) is 0. The Labute approximate surface area is 173 Å². The Balaban J connectivity index is 2.41. The van der Waals surface area contributed by atoms with E-state index in [1.165, 1.54) is 4.68 Å². The molecule has 0 spiro atoms. The first kappa shape index (κ1) is 21.5. The van der Waals surface area contributed by atoms with Gasteiger partial charge in [-0.2, -0.15) is 0 Å². The predicted molar refractivity (Wildman–Crippen MR) is 114 cm³/mol. The zero-order chi connectivity index (χ0) is 20.1. The predicted octanol–water partition coefficient (Wildman–Crippen LogP) is 4.72. The van der Waals surface area contributed by atoms with E-state index in [0.29, 0.717) is 32.9 Å². The molecule has 7 heteroatoms. The second-order valence-electron chi connectivity index (χ2n) is 6.43. The Morgan fingerprint density at radius 2 is 1.85 bits per heavy atom. The normalized spacial score (nSPS) is 11.9. The number of nitrogens with one attached hydrogen (secondary N) is 2. The standard InChI is InChI=1S/C20H25BrClN3O2/c1-5-11-23-25-13(4)17(12(3)18(21)20(25)27)19(26)24-16(6-2)14-7-9-15(22)10-8-14/h7-10,16,23H,5-6,11H2,1-4H3,(H,24,26). The molecule has 0 bridgehead atoms. The van der Waals surface area contributed by atoms with E-state index in [9.17, 15) is 9.59 Å². The highest BCUT2D eigenvalue weighted by Crippen LogP contribution is 2.23. The number of carbonyl (C=O) groups excluding carboxylic acids is 1. The highest BCUT2D eigenvalue weighted by molar-refractivity contribution is 9.10. The summed E-state index contributed by atoms with van der Waals surface area (Å²) in [6.07, 6.45) is 1.60. The molecule has 5 nitrogen and oxygen atoms in total. The number of nitrogens with zero attached hydrogens (tertiary/aromatic N) is 1. The van der Waals surface area contributed by atoms with Crippen molar-refractivity contribution in [2.24, 2.45) is 0 Å². The monoisotopic (exact) mass is 453 g/mol. The van der Waals surface area contributed by atoms with Crippen molar-refractivity contribution in [2.75, 3.05) is 12.0 Å². The fourth-order valence-electron chi connectivity index (χ4n) is 3.00. The number of halogens is 2.